The molecular formula is C16H36. The van der Waals surface area contributed by atoms with Crippen LogP contribution in [0, 0.1) is 10.8 Å². The molecule has 0 atom stereocenters. The van der Waals surface area contributed by atoms with E-state index in [1.165, 1.54) is 44.9 Å². The van der Waals surface area contributed by atoms with E-state index in [9.17, 15) is 0 Å². The third kappa shape index (κ3) is 16.4. The highest BCUT2D eigenvalue weighted by Gasteiger charge is 2.10. The van der Waals surface area contributed by atoms with Crippen LogP contribution < -0.4 is 0 Å². The molecule has 0 aromatic heterocycles. The summed E-state index contributed by atoms with van der Waals surface area (Å²) in [6.45, 7) is 14.0. The van der Waals surface area contributed by atoms with E-state index >= 15 is 0 Å². The summed E-state index contributed by atoms with van der Waals surface area (Å²) in [5, 5.41) is 0. The number of rotatable bonds is 6. The zero-order valence-electron chi connectivity index (χ0n) is 11.9. The van der Waals surface area contributed by atoms with Crippen LogP contribution in [0.4, 0.5) is 0 Å². The van der Waals surface area contributed by atoms with Gasteiger partial charge in [0.15, 0.2) is 0 Å². The Morgan fingerprint density at radius 2 is 0.750 bits per heavy atom. The van der Waals surface area contributed by atoms with Gasteiger partial charge in [0.05, 0.1) is 0 Å². The number of unbranched alkanes of at least 4 members (excludes halogenated alkanes) is 4. The lowest BCUT2D eigenvalue weighted by Crippen LogP contribution is -2.04. The SMILES string of the molecule is C.CC(C)(C)CCCCCCCC(C)(C)C. The molecule has 0 aliphatic carbocycles. The second-order valence-electron chi connectivity index (χ2n) is 7.39. The highest BCUT2D eigenvalue weighted by molar-refractivity contribution is 4.63. The standard InChI is InChI=1S/C15H32.CH4/c1-14(2,3)12-10-8-7-9-11-13-15(4,5)6;/h7-13H2,1-6H3;1H4. The molecule has 0 unspecified atom stereocenters. The van der Waals surface area contributed by atoms with Gasteiger partial charge in [0, 0.05) is 0 Å². The van der Waals surface area contributed by atoms with Crippen LogP contribution in [0.1, 0.15) is 93.9 Å². The van der Waals surface area contributed by atoms with Gasteiger partial charge in [-0.25, -0.2) is 0 Å². The molecular weight excluding hydrogens is 192 g/mol. The molecule has 0 heteroatoms. The van der Waals surface area contributed by atoms with Gasteiger partial charge in [0.25, 0.3) is 0 Å². The summed E-state index contributed by atoms with van der Waals surface area (Å²) in [6, 6.07) is 0. The molecule has 0 saturated carbocycles. The average molecular weight is 228 g/mol. The van der Waals surface area contributed by atoms with E-state index in [1.807, 2.05) is 0 Å². The fraction of sp³-hybridized carbons (Fsp3) is 1.00. The van der Waals surface area contributed by atoms with Crippen molar-refractivity contribution in [3.05, 3.63) is 0 Å². The Kier molecular flexibility index (Phi) is 9.35. The van der Waals surface area contributed by atoms with Crippen LogP contribution in [0.25, 0.3) is 0 Å². The van der Waals surface area contributed by atoms with Gasteiger partial charge in [-0.1, -0.05) is 81.1 Å². The zero-order valence-corrected chi connectivity index (χ0v) is 11.9. The summed E-state index contributed by atoms with van der Waals surface area (Å²) in [4.78, 5) is 0. The Morgan fingerprint density at radius 3 is 1.00 bits per heavy atom. The highest BCUT2D eigenvalue weighted by Crippen LogP contribution is 2.24. The van der Waals surface area contributed by atoms with Crippen molar-refractivity contribution in [2.24, 2.45) is 10.8 Å². The van der Waals surface area contributed by atoms with Crippen molar-refractivity contribution in [3.63, 3.8) is 0 Å². The minimum atomic E-state index is 0. The first-order chi connectivity index (χ1) is 6.71. The van der Waals surface area contributed by atoms with E-state index < -0.39 is 0 Å². The predicted octanol–water partition coefficient (Wildman–Crippen LogP) is 6.45. The average Bonchev–Trinajstić information content (AvgIpc) is 1.98. The maximum atomic E-state index is 2.34. The summed E-state index contributed by atoms with van der Waals surface area (Å²) in [5.41, 5.74) is 1.07. The largest absolute Gasteiger partial charge is 0.0776 e. The van der Waals surface area contributed by atoms with Crippen molar-refractivity contribution < 1.29 is 0 Å². The van der Waals surface area contributed by atoms with Gasteiger partial charge in [-0.2, -0.15) is 0 Å². The first-order valence-electron chi connectivity index (χ1n) is 6.71. The van der Waals surface area contributed by atoms with Gasteiger partial charge in [-0.3, -0.25) is 0 Å². The lowest BCUT2D eigenvalue weighted by Gasteiger charge is -2.18. The first-order valence-corrected chi connectivity index (χ1v) is 6.71. The summed E-state index contributed by atoms with van der Waals surface area (Å²) in [5.74, 6) is 0. The number of hydrogen-bond donors (Lipinski definition) is 0. The molecule has 0 N–H and O–H groups in total. The summed E-state index contributed by atoms with van der Waals surface area (Å²) in [6.07, 6.45) is 9.89. The maximum Gasteiger partial charge on any atom is -0.0383 e. The predicted molar refractivity (Wildman–Crippen MR) is 78.0 cm³/mol. The van der Waals surface area contributed by atoms with Crippen LogP contribution in [-0.2, 0) is 0 Å². The Labute approximate surface area is 105 Å². The van der Waals surface area contributed by atoms with Gasteiger partial charge in [-0.05, 0) is 23.7 Å². The van der Waals surface area contributed by atoms with Gasteiger partial charge in [0.2, 0.25) is 0 Å². The maximum absolute atomic E-state index is 2.34. The van der Waals surface area contributed by atoms with E-state index in [0.29, 0.717) is 10.8 Å². The molecule has 0 amide bonds. The van der Waals surface area contributed by atoms with E-state index in [2.05, 4.69) is 41.5 Å². The van der Waals surface area contributed by atoms with Crippen LogP contribution in [0.3, 0.4) is 0 Å². The number of hydrogen-bond acceptors (Lipinski definition) is 0. The van der Waals surface area contributed by atoms with Crippen molar-refractivity contribution >= 4 is 0 Å². The molecule has 0 radical (unpaired) electrons. The molecule has 100 valence electrons. The van der Waals surface area contributed by atoms with Crippen LogP contribution in [0.15, 0.2) is 0 Å². The molecule has 0 fully saturated rings. The molecule has 0 aliphatic heterocycles. The molecule has 0 nitrogen and oxygen atoms in total. The first kappa shape index (κ1) is 18.4. The molecule has 0 heterocycles. The molecule has 0 spiro atoms. The van der Waals surface area contributed by atoms with E-state index in [0.717, 1.165) is 0 Å². The fourth-order valence-electron chi connectivity index (χ4n) is 1.84. The van der Waals surface area contributed by atoms with Crippen LogP contribution >= 0.6 is 0 Å². The van der Waals surface area contributed by atoms with Gasteiger partial charge in [0.1, 0.15) is 0 Å². The van der Waals surface area contributed by atoms with Crippen molar-refractivity contribution in [1.82, 2.24) is 0 Å². The van der Waals surface area contributed by atoms with Crippen LogP contribution in [0.2, 0.25) is 0 Å². The third-order valence-corrected chi connectivity index (χ3v) is 2.85. The molecule has 0 bridgehead atoms. The lowest BCUT2D eigenvalue weighted by molar-refractivity contribution is 0.343. The molecule has 0 aliphatic rings. The minimum absolute atomic E-state index is 0. The molecule has 0 rings (SSSR count). The van der Waals surface area contributed by atoms with Gasteiger partial charge in [-0.15, -0.1) is 0 Å². The minimum Gasteiger partial charge on any atom is -0.0776 e. The topological polar surface area (TPSA) is 0 Å². The highest BCUT2D eigenvalue weighted by atomic mass is 14.2. The molecule has 0 aromatic carbocycles. The Hall–Kier alpha value is 0. The molecule has 16 heavy (non-hydrogen) atoms. The van der Waals surface area contributed by atoms with Gasteiger partial charge >= 0.3 is 0 Å². The van der Waals surface area contributed by atoms with Crippen LogP contribution in [0.5, 0.6) is 0 Å². The Balaban J connectivity index is 0. The smallest absolute Gasteiger partial charge is 0.0383 e. The summed E-state index contributed by atoms with van der Waals surface area (Å²) in [7, 11) is 0. The third-order valence-electron chi connectivity index (χ3n) is 2.85. The summed E-state index contributed by atoms with van der Waals surface area (Å²) >= 11 is 0. The molecule has 0 saturated heterocycles. The fourth-order valence-corrected chi connectivity index (χ4v) is 1.84. The second kappa shape index (κ2) is 8.14. The summed E-state index contributed by atoms with van der Waals surface area (Å²) < 4.78 is 0. The Bertz CT molecular complexity index is 124. The second-order valence-corrected chi connectivity index (χ2v) is 7.39. The Morgan fingerprint density at radius 1 is 0.500 bits per heavy atom. The van der Waals surface area contributed by atoms with Crippen molar-refractivity contribution in [1.29, 1.82) is 0 Å². The lowest BCUT2D eigenvalue weighted by atomic mass is 9.88. The van der Waals surface area contributed by atoms with Crippen molar-refractivity contribution in [2.75, 3.05) is 0 Å². The normalized spacial score (nSPS) is 12.4. The van der Waals surface area contributed by atoms with E-state index in [4.69, 9.17) is 0 Å². The van der Waals surface area contributed by atoms with Crippen molar-refractivity contribution in [3.8, 4) is 0 Å². The van der Waals surface area contributed by atoms with E-state index in [1.54, 1.807) is 0 Å². The zero-order chi connectivity index (χ0) is 11.9. The van der Waals surface area contributed by atoms with Gasteiger partial charge < -0.3 is 0 Å². The van der Waals surface area contributed by atoms with Crippen LogP contribution in [-0.4, -0.2) is 0 Å². The quantitative estimate of drug-likeness (QED) is 0.458. The van der Waals surface area contributed by atoms with E-state index in [-0.39, 0.29) is 7.43 Å². The van der Waals surface area contributed by atoms with Crippen molar-refractivity contribution in [2.45, 2.75) is 93.9 Å². The molecule has 0 aromatic rings. The monoisotopic (exact) mass is 228 g/mol.